The molecule has 0 radical (unpaired) electrons. The summed E-state index contributed by atoms with van der Waals surface area (Å²) in [6.45, 7) is 2.84. The number of carbonyl (C=O) groups is 1. The molecule has 0 unspecified atom stereocenters. The van der Waals surface area contributed by atoms with E-state index >= 15 is 0 Å². The molecule has 0 saturated carbocycles. The average molecular weight is 347 g/mol. The van der Waals surface area contributed by atoms with Gasteiger partial charge in [0.05, 0.1) is 0 Å². The number of carbonyl (C=O) groups excluding carboxylic acids is 1. The molecular weight excluding hydrogens is 328 g/mol. The average Bonchev–Trinajstić information content (AvgIpc) is 2.41. The van der Waals surface area contributed by atoms with Gasteiger partial charge in [-0.15, -0.1) is 0 Å². The van der Waals surface area contributed by atoms with Gasteiger partial charge in [0.25, 0.3) is 5.91 Å². The minimum absolute atomic E-state index is 0.0993. The van der Waals surface area contributed by atoms with Crippen molar-refractivity contribution in [2.24, 2.45) is 0 Å². The summed E-state index contributed by atoms with van der Waals surface area (Å²) in [5, 5.41) is 2.94. The Morgan fingerprint density at radius 3 is 2.62 bits per heavy atom. The van der Waals surface area contributed by atoms with Crippen molar-refractivity contribution in [3.05, 3.63) is 63.6 Å². The molecule has 1 amide bonds. The maximum atomic E-state index is 12.3. The highest BCUT2D eigenvalue weighted by molar-refractivity contribution is 9.10. The van der Waals surface area contributed by atoms with Gasteiger partial charge in [0.2, 0.25) is 0 Å². The summed E-state index contributed by atoms with van der Waals surface area (Å²) in [6, 6.07) is 13.5. The van der Waals surface area contributed by atoms with Gasteiger partial charge in [-0.2, -0.15) is 0 Å². The van der Waals surface area contributed by atoms with E-state index in [0.717, 1.165) is 22.3 Å². The van der Waals surface area contributed by atoms with Crippen LogP contribution in [0.2, 0.25) is 0 Å². The van der Waals surface area contributed by atoms with Gasteiger partial charge < -0.3 is 10.2 Å². The standard InChI is InChI=1S/C17H19BrN2O/c1-12-7-8-14(10-16(12)18)17(21)19-15-6-4-5-13(9-15)11-20(2)3/h4-10H,11H2,1-3H3,(H,19,21). The lowest BCUT2D eigenvalue weighted by atomic mass is 10.1. The SMILES string of the molecule is Cc1ccc(C(=O)Nc2cccc(CN(C)C)c2)cc1Br. The van der Waals surface area contributed by atoms with Crippen LogP contribution in [0.5, 0.6) is 0 Å². The molecule has 0 bridgehead atoms. The molecule has 0 aliphatic carbocycles. The third-order valence-electron chi connectivity index (χ3n) is 3.12. The highest BCUT2D eigenvalue weighted by Gasteiger charge is 2.08. The lowest BCUT2D eigenvalue weighted by molar-refractivity contribution is 0.102. The Morgan fingerprint density at radius 1 is 1.19 bits per heavy atom. The van der Waals surface area contributed by atoms with E-state index < -0.39 is 0 Å². The van der Waals surface area contributed by atoms with E-state index in [1.54, 1.807) is 0 Å². The van der Waals surface area contributed by atoms with Crippen LogP contribution in [0.1, 0.15) is 21.5 Å². The van der Waals surface area contributed by atoms with Gasteiger partial charge in [-0.1, -0.05) is 34.1 Å². The van der Waals surface area contributed by atoms with Crippen molar-refractivity contribution in [3.8, 4) is 0 Å². The lowest BCUT2D eigenvalue weighted by Crippen LogP contribution is -2.13. The first-order chi connectivity index (χ1) is 9.95. The molecular formula is C17H19BrN2O. The monoisotopic (exact) mass is 346 g/mol. The van der Waals surface area contributed by atoms with E-state index in [0.29, 0.717) is 5.56 Å². The molecule has 0 heterocycles. The zero-order valence-electron chi connectivity index (χ0n) is 12.5. The summed E-state index contributed by atoms with van der Waals surface area (Å²) in [6.07, 6.45) is 0. The fraction of sp³-hybridized carbons (Fsp3) is 0.235. The number of nitrogens with one attached hydrogen (secondary N) is 1. The van der Waals surface area contributed by atoms with E-state index in [4.69, 9.17) is 0 Å². The largest absolute Gasteiger partial charge is 0.322 e. The summed E-state index contributed by atoms with van der Waals surface area (Å²) >= 11 is 3.45. The minimum atomic E-state index is -0.0993. The molecule has 0 aliphatic heterocycles. The summed E-state index contributed by atoms with van der Waals surface area (Å²) in [5.74, 6) is -0.0993. The molecule has 1 N–H and O–H groups in total. The van der Waals surface area contributed by atoms with Crippen LogP contribution in [0.15, 0.2) is 46.9 Å². The van der Waals surface area contributed by atoms with Crippen LogP contribution in [0, 0.1) is 6.92 Å². The second-order valence-corrected chi connectivity index (χ2v) is 6.21. The quantitative estimate of drug-likeness (QED) is 0.904. The van der Waals surface area contributed by atoms with Crippen LogP contribution in [0.25, 0.3) is 0 Å². The van der Waals surface area contributed by atoms with Crippen LogP contribution < -0.4 is 5.32 Å². The maximum Gasteiger partial charge on any atom is 0.255 e. The smallest absolute Gasteiger partial charge is 0.255 e. The Morgan fingerprint density at radius 2 is 1.95 bits per heavy atom. The van der Waals surface area contributed by atoms with E-state index in [1.807, 2.05) is 57.4 Å². The minimum Gasteiger partial charge on any atom is -0.322 e. The molecule has 0 aromatic heterocycles. The molecule has 2 aromatic rings. The zero-order chi connectivity index (χ0) is 15.4. The Labute approximate surface area is 134 Å². The van der Waals surface area contributed by atoms with Gasteiger partial charge in [-0.25, -0.2) is 0 Å². The number of amides is 1. The number of nitrogens with zero attached hydrogens (tertiary/aromatic N) is 1. The molecule has 0 spiro atoms. The van der Waals surface area contributed by atoms with Crippen molar-refractivity contribution in [2.45, 2.75) is 13.5 Å². The normalized spacial score (nSPS) is 10.7. The van der Waals surface area contributed by atoms with E-state index in [2.05, 4.69) is 32.2 Å². The number of halogens is 1. The summed E-state index contributed by atoms with van der Waals surface area (Å²) in [4.78, 5) is 14.4. The fourth-order valence-corrected chi connectivity index (χ4v) is 2.43. The molecule has 0 fully saturated rings. The van der Waals surface area contributed by atoms with Crippen molar-refractivity contribution in [2.75, 3.05) is 19.4 Å². The Kier molecular flexibility index (Phi) is 5.15. The first kappa shape index (κ1) is 15.7. The van der Waals surface area contributed by atoms with Crippen molar-refractivity contribution in [3.63, 3.8) is 0 Å². The lowest BCUT2D eigenvalue weighted by Gasteiger charge is -2.12. The first-order valence-corrected chi connectivity index (χ1v) is 7.56. The molecule has 0 atom stereocenters. The fourth-order valence-electron chi connectivity index (χ4n) is 2.05. The third kappa shape index (κ3) is 4.41. The van der Waals surface area contributed by atoms with Crippen LogP contribution in [0.3, 0.4) is 0 Å². The van der Waals surface area contributed by atoms with Crippen LogP contribution in [0.4, 0.5) is 5.69 Å². The van der Waals surface area contributed by atoms with Gasteiger partial charge in [-0.3, -0.25) is 4.79 Å². The molecule has 2 rings (SSSR count). The predicted molar refractivity (Wildman–Crippen MR) is 90.7 cm³/mol. The summed E-state index contributed by atoms with van der Waals surface area (Å²) in [7, 11) is 4.05. The molecule has 2 aromatic carbocycles. The molecule has 0 aliphatic rings. The highest BCUT2D eigenvalue weighted by atomic mass is 79.9. The Balaban J connectivity index is 2.13. The Bertz CT molecular complexity index is 653. The van der Waals surface area contributed by atoms with Crippen LogP contribution in [-0.2, 0) is 6.54 Å². The van der Waals surface area contributed by atoms with Crippen molar-refractivity contribution in [1.82, 2.24) is 4.90 Å². The predicted octanol–water partition coefficient (Wildman–Crippen LogP) is 4.07. The third-order valence-corrected chi connectivity index (χ3v) is 3.97. The number of hydrogen-bond donors (Lipinski definition) is 1. The van der Waals surface area contributed by atoms with Crippen molar-refractivity contribution >= 4 is 27.5 Å². The molecule has 110 valence electrons. The second kappa shape index (κ2) is 6.87. The van der Waals surface area contributed by atoms with Gasteiger partial charge in [0.1, 0.15) is 0 Å². The second-order valence-electron chi connectivity index (χ2n) is 5.36. The van der Waals surface area contributed by atoms with Crippen molar-refractivity contribution < 1.29 is 4.79 Å². The van der Waals surface area contributed by atoms with Crippen LogP contribution >= 0.6 is 15.9 Å². The van der Waals surface area contributed by atoms with Gasteiger partial charge >= 0.3 is 0 Å². The number of anilines is 1. The van der Waals surface area contributed by atoms with Crippen molar-refractivity contribution in [1.29, 1.82) is 0 Å². The first-order valence-electron chi connectivity index (χ1n) is 6.77. The molecule has 3 nitrogen and oxygen atoms in total. The van der Waals surface area contributed by atoms with E-state index in [9.17, 15) is 4.79 Å². The van der Waals surface area contributed by atoms with E-state index in [-0.39, 0.29) is 5.91 Å². The number of benzene rings is 2. The zero-order valence-corrected chi connectivity index (χ0v) is 14.1. The topological polar surface area (TPSA) is 32.3 Å². The number of hydrogen-bond acceptors (Lipinski definition) is 2. The Hall–Kier alpha value is -1.65. The molecule has 21 heavy (non-hydrogen) atoms. The van der Waals surface area contributed by atoms with Gasteiger partial charge in [-0.05, 0) is 56.4 Å². The van der Waals surface area contributed by atoms with Crippen LogP contribution in [-0.4, -0.2) is 24.9 Å². The molecule has 0 saturated heterocycles. The summed E-state index contributed by atoms with van der Waals surface area (Å²) < 4.78 is 0.941. The summed E-state index contributed by atoms with van der Waals surface area (Å²) in [5.41, 5.74) is 3.74. The van der Waals surface area contributed by atoms with Gasteiger partial charge in [0, 0.05) is 22.3 Å². The van der Waals surface area contributed by atoms with E-state index in [1.165, 1.54) is 5.56 Å². The number of rotatable bonds is 4. The number of aryl methyl sites for hydroxylation is 1. The van der Waals surface area contributed by atoms with Gasteiger partial charge in [0.15, 0.2) is 0 Å². The highest BCUT2D eigenvalue weighted by Crippen LogP contribution is 2.19. The molecule has 4 heteroatoms. The maximum absolute atomic E-state index is 12.3.